The van der Waals surface area contributed by atoms with Crippen LogP contribution in [0.2, 0.25) is 0 Å². The molecule has 0 saturated heterocycles. The van der Waals surface area contributed by atoms with Crippen LogP contribution in [0.25, 0.3) is 5.65 Å². The van der Waals surface area contributed by atoms with Crippen molar-refractivity contribution in [1.82, 2.24) is 19.6 Å². The lowest BCUT2D eigenvalue weighted by Gasteiger charge is -2.11. The summed E-state index contributed by atoms with van der Waals surface area (Å²) >= 11 is 3.52. The van der Waals surface area contributed by atoms with Crippen molar-refractivity contribution in [3.8, 4) is 0 Å². The summed E-state index contributed by atoms with van der Waals surface area (Å²) in [6, 6.07) is 4.09. The van der Waals surface area contributed by atoms with Crippen molar-refractivity contribution < 1.29 is 0 Å². The second-order valence-corrected chi connectivity index (χ2v) is 7.60. The van der Waals surface area contributed by atoms with E-state index in [2.05, 4.69) is 51.9 Å². The van der Waals surface area contributed by atoms with Gasteiger partial charge in [-0.1, -0.05) is 13.8 Å². The van der Waals surface area contributed by atoms with E-state index in [1.165, 1.54) is 5.01 Å². The highest BCUT2D eigenvalue weighted by Crippen LogP contribution is 2.21. The smallest absolute Gasteiger partial charge is 0.157 e. The summed E-state index contributed by atoms with van der Waals surface area (Å²) in [4.78, 5) is 9.33. The van der Waals surface area contributed by atoms with E-state index in [0.29, 0.717) is 12.5 Å². The van der Waals surface area contributed by atoms with E-state index in [4.69, 9.17) is 0 Å². The van der Waals surface area contributed by atoms with E-state index in [1.54, 1.807) is 23.1 Å². The molecule has 0 bridgehead atoms. The van der Waals surface area contributed by atoms with Gasteiger partial charge in [0.05, 0.1) is 17.9 Å². The van der Waals surface area contributed by atoms with Crippen LogP contribution in [0.5, 0.6) is 0 Å². The number of fused-ring (bicyclic) bond motifs is 1. The lowest BCUT2D eigenvalue weighted by atomic mass is 10.1. The highest BCUT2D eigenvalue weighted by molar-refractivity contribution is 7.97. The molecule has 0 atom stereocenters. The van der Waals surface area contributed by atoms with E-state index in [1.807, 2.05) is 17.5 Å². The maximum absolute atomic E-state index is 4.68. The summed E-state index contributed by atoms with van der Waals surface area (Å²) in [5.74, 6) is 2.31. The van der Waals surface area contributed by atoms with Crippen molar-refractivity contribution in [2.24, 2.45) is 0 Å². The summed E-state index contributed by atoms with van der Waals surface area (Å²) in [6.45, 7) is 6.99. The zero-order valence-electron chi connectivity index (χ0n) is 13.8. The summed E-state index contributed by atoms with van der Waals surface area (Å²) in [6.07, 6.45) is 2.10. The predicted octanol–water partition coefficient (Wildman–Crippen LogP) is 4.09. The summed E-state index contributed by atoms with van der Waals surface area (Å²) in [7, 11) is 0. The SMILES string of the molecule is CSCc1nc(CNc2cc(C(C)C)nc3cc(C)nn23)cs1. The molecule has 3 aromatic heterocycles. The molecule has 0 unspecified atom stereocenters. The van der Waals surface area contributed by atoms with Gasteiger partial charge < -0.3 is 5.32 Å². The number of rotatable bonds is 6. The van der Waals surface area contributed by atoms with Gasteiger partial charge in [-0.05, 0) is 19.1 Å². The minimum atomic E-state index is 0.378. The molecule has 3 rings (SSSR count). The molecule has 0 amide bonds. The van der Waals surface area contributed by atoms with Gasteiger partial charge in [0.2, 0.25) is 0 Å². The molecular weight excluding hydrogens is 326 g/mol. The summed E-state index contributed by atoms with van der Waals surface area (Å²) < 4.78 is 1.87. The standard InChI is InChI=1S/C16H21N5S2/c1-10(2)13-6-14(21-15(19-13)5-11(3)20-21)17-7-12-8-23-16(18-12)9-22-4/h5-6,8,10,17H,7,9H2,1-4H3. The third kappa shape index (κ3) is 3.67. The number of nitrogens with zero attached hydrogens (tertiary/aromatic N) is 4. The maximum atomic E-state index is 4.68. The number of anilines is 1. The highest BCUT2D eigenvalue weighted by Gasteiger charge is 2.11. The minimum absolute atomic E-state index is 0.378. The van der Waals surface area contributed by atoms with Crippen LogP contribution in [0.1, 0.15) is 41.9 Å². The Morgan fingerprint density at radius 1 is 1.30 bits per heavy atom. The van der Waals surface area contributed by atoms with Crippen molar-refractivity contribution in [1.29, 1.82) is 0 Å². The monoisotopic (exact) mass is 347 g/mol. The maximum Gasteiger partial charge on any atom is 0.157 e. The van der Waals surface area contributed by atoms with Gasteiger partial charge in [0.25, 0.3) is 0 Å². The Hall–Kier alpha value is -1.60. The fourth-order valence-electron chi connectivity index (χ4n) is 2.33. The molecule has 3 heterocycles. The fourth-order valence-corrected chi connectivity index (χ4v) is 3.85. The van der Waals surface area contributed by atoms with Crippen LogP contribution in [0.15, 0.2) is 17.5 Å². The molecule has 23 heavy (non-hydrogen) atoms. The van der Waals surface area contributed by atoms with Crippen LogP contribution >= 0.6 is 23.1 Å². The Kier molecular flexibility index (Phi) is 4.87. The molecule has 0 saturated carbocycles. The van der Waals surface area contributed by atoms with Gasteiger partial charge in [-0.25, -0.2) is 9.97 Å². The highest BCUT2D eigenvalue weighted by atomic mass is 32.2. The molecule has 0 aliphatic heterocycles. The lowest BCUT2D eigenvalue weighted by molar-refractivity contribution is 0.806. The molecule has 0 aromatic carbocycles. The number of hydrogen-bond acceptors (Lipinski definition) is 6. The third-order valence-electron chi connectivity index (χ3n) is 3.48. The third-order valence-corrected chi connectivity index (χ3v) is 5.12. The van der Waals surface area contributed by atoms with Crippen LogP contribution in [0.4, 0.5) is 5.82 Å². The largest absolute Gasteiger partial charge is 0.364 e. The zero-order chi connectivity index (χ0) is 16.4. The normalized spacial score (nSPS) is 11.5. The van der Waals surface area contributed by atoms with Crippen molar-refractivity contribution in [2.45, 2.75) is 39.0 Å². The van der Waals surface area contributed by atoms with E-state index in [9.17, 15) is 0 Å². The number of thioether (sulfide) groups is 1. The lowest BCUT2D eigenvalue weighted by Crippen LogP contribution is -2.08. The first-order valence-corrected chi connectivity index (χ1v) is 9.87. The molecule has 1 N–H and O–H groups in total. The fraction of sp³-hybridized carbons (Fsp3) is 0.438. The van der Waals surface area contributed by atoms with E-state index in [0.717, 1.165) is 34.3 Å². The van der Waals surface area contributed by atoms with Crippen LogP contribution in [-0.2, 0) is 12.3 Å². The van der Waals surface area contributed by atoms with Gasteiger partial charge in [-0.3, -0.25) is 0 Å². The Balaban J connectivity index is 1.85. The predicted molar refractivity (Wildman–Crippen MR) is 98.5 cm³/mol. The van der Waals surface area contributed by atoms with Crippen LogP contribution < -0.4 is 5.32 Å². The van der Waals surface area contributed by atoms with E-state index >= 15 is 0 Å². The van der Waals surface area contributed by atoms with Crippen LogP contribution in [-0.4, -0.2) is 25.8 Å². The Bertz CT molecular complexity index is 806. The zero-order valence-corrected chi connectivity index (χ0v) is 15.5. The van der Waals surface area contributed by atoms with Crippen molar-refractivity contribution in [2.75, 3.05) is 11.6 Å². The first kappa shape index (κ1) is 16.3. The average molecular weight is 348 g/mol. The van der Waals surface area contributed by atoms with Crippen LogP contribution in [0.3, 0.4) is 0 Å². The summed E-state index contributed by atoms with van der Waals surface area (Å²) in [5, 5.41) is 11.3. The molecule has 0 fully saturated rings. The quantitative estimate of drug-likeness (QED) is 0.728. The topological polar surface area (TPSA) is 55.1 Å². The van der Waals surface area contributed by atoms with Gasteiger partial charge >= 0.3 is 0 Å². The molecular formula is C16H21N5S2. The Labute approximate surface area is 144 Å². The van der Waals surface area contributed by atoms with Crippen molar-refractivity contribution in [3.05, 3.63) is 39.6 Å². The summed E-state index contributed by atoms with van der Waals surface area (Å²) in [5.41, 5.74) is 4.00. The molecule has 122 valence electrons. The number of aryl methyl sites for hydroxylation is 1. The van der Waals surface area contributed by atoms with Crippen molar-refractivity contribution >= 4 is 34.6 Å². The second-order valence-electron chi connectivity index (χ2n) is 5.80. The number of aromatic nitrogens is 4. The van der Waals surface area contributed by atoms with Gasteiger partial charge in [0, 0.05) is 29.0 Å². The molecule has 0 radical (unpaired) electrons. The molecule has 3 aromatic rings. The molecule has 7 heteroatoms. The molecule has 0 aliphatic carbocycles. The van der Waals surface area contributed by atoms with Gasteiger partial charge in [0.1, 0.15) is 10.8 Å². The van der Waals surface area contributed by atoms with Gasteiger partial charge in [-0.15, -0.1) is 11.3 Å². The first-order valence-electron chi connectivity index (χ1n) is 7.60. The minimum Gasteiger partial charge on any atom is -0.364 e. The number of hydrogen-bond donors (Lipinski definition) is 1. The molecule has 0 aliphatic rings. The van der Waals surface area contributed by atoms with Gasteiger partial charge in [-0.2, -0.15) is 21.4 Å². The van der Waals surface area contributed by atoms with E-state index in [-0.39, 0.29) is 0 Å². The van der Waals surface area contributed by atoms with Crippen LogP contribution in [0, 0.1) is 6.92 Å². The first-order chi connectivity index (χ1) is 11.1. The Morgan fingerprint density at radius 3 is 2.87 bits per heavy atom. The second kappa shape index (κ2) is 6.88. The Morgan fingerprint density at radius 2 is 2.13 bits per heavy atom. The van der Waals surface area contributed by atoms with Gasteiger partial charge in [0.15, 0.2) is 5.65 Å². The van der Waals surface area contributed by atoms with Crippen molar-refractivity contribution in [3.63, 3.8) is 0 Å². The number of nitrogens with one attached hydrogen (secondary N) is 1. The average Bonchev–Trinajstić information content (AvgIpc) is 3.10. The number of thiazole rings is 1. The molecule has 5 nitrogen and oxygen atoms in total. The molecule has 0 spiro atoms. The van der Waals surface area contributed by atoms with E-state index < -0.39 is 0 Å².